The van der Waals surface area contributed by atoms with Crippen molar-refractivity contribution in [1.29, 1.82) is 0 Å². The van der Waals surface area contributed by atoms with Crippen LogP contribution < -0.4 is 0 Å². The molecule has 1 saturated heterocycles. The Balaban J connectivity index is 2.01. The second-order valence-electron chi connectivity index (χ2n) is 2.29. The zero-order chi connectivity index (χ0) is 8.10. The normalized spacial score (nSPS) is 23.1. The number of nitrogens with zero attached hydrogens (tertiary/aromatic N) is 1. The van der Waals surface area contributed by atoms with E-state index in [1.165, 1.54) is 0 Å². The number of hydrogen-bond donors (Lipinski definition) is 0. The molecule has 1 fully saturated rings. The molecule has 4 nitrogen and oxygen atoms in total. The number of epoxide rings is 1. The quantitative estimate of drug-likeness (QED) is 0.263. The maximum atomic E-state index is 5.03. The van der Waals surface area contributed by atoms with Crippen LogP contribution in [-0.2, 0) is 14.3 Å². The van der Waals surface area contributed by atoms with Crippen molar-refractivity contribution in [3.63, 3.8) is 0 Å². The minimum atomic E-state index is 0.258. The number of oxime groups is 1. The molecule has 0 amide bonds. The second-order valence-corrected chi connectivity index (χ2v) is 2.29. The number of ether oxygens (including phenoxy) is 2. The monoisotopic (exact) mass is 159 g/mol. The summed E-state index contributed by atoms with van der Waals surface area (Å²) < 4.78 is 9.94. The van der Waals surface area contributed by atoms with Crippen molar-refractivity contribution in [3.05, 3.63) is 0 Å². The van der Waals surface area contributed by atoms with E-state index in [9.17, 15) is 0 Å². The predicted octanol–water partition coefficient (Wildman–Crippen LogP) is 0.772. The second kappa shape index (κ2) is 4.18. The summed E-state index contributed by atoms with van der Waals surface area (Å²) in [6.07, 6.45) is 0.258. The topological polar surface area (TPSA) is 43.4 Å². The van der Waals surface area contributed by atoms with Crippen LogP contribution in [0.5, 0.6) is 0 Å². The molecule has 1 heterocycles. The molecule has 1 unspecified atom stereocenters. The van der Waals surface area contributed by atoms with Crippen molar-refractivity contribution in [2.24, 2.45) is 5.16 Å². The lowest BCUT2D eigenvalue weighted by Gasteiger charge is -2.00. The van der Waals surface area contributed by atoms with Gasteiger partial charge in [-0.2, -0.15) is 0 Å². The number of rotatable bonds is 4. The smallest absolute Gasteiger partial charge is 0.222 e. The molecule has 1 atom stereocenters. The Morgan fingerprint density at radius 1 is 1.73 bits per heavy atom. The summed E-state index contributed by atoms with van der Waals surface area (Å²) in [5, 5.41) is 3.71. The zero-order valence-corrected chi connectivity index (χ0v) is 6.87. The van der Waals surface area contributed by atoms with Crippen molar-refractivity contribution >= 4 is 5.90 Å². The van der Waals surface area contributed by atoms with Crippen LogP contribution in [0.15, 0.2) is 5.16 Å². The van der Waals surface area contributed by atoms with E-state index in [1.54, 1.807) is 6.92 Å². The van der Waals surface area contributed by atoms with Crippen molar-refractivity contribution in [2.45, 2.75) is 20.0 Å². The van der Waals surface area contributed by atoms with Crippen molar-refractivity contribution in [2.75, 3.05) is 19.8 Å². The first kappa shape index (κ1) is 8.33. The first-order chi connectivity index (χ1) is 5.33. The first-order valence-corrected chi connectivity index (χ1v) is 3.74. The summed E-state index contributed by atoms with van der Waals surface area (Å²) in [5.41, 5.74) is 0. The van der Waals surface area contributed by atoms with Gasteiger partial charge >= 0.3 is 0 Å². The Bertz CT molecular complexity index is 143. The van der Waals surface area contributed by atoms with E-state index in [4.69, 9.17) is 14.3 Å². The van der Waals surface area contributed by atoms with Crippen LogP contribution in [0.1, 0.15) is 13.8 Å². The van der Waals surface area contributed by atoms with Crippen LogP contribution in [-0.4, -0.2) is 31.8 Å². The SMILES string of the molecule is CCOC(C)=NOCC1CO1. The molecule has 0 radical (unpaired) electrons. The van der Waals surface area contributed by atoms with Crippen molar-refractivity contribution in [3.8, 4) is 0 Å². The minimum absolute atomic E-state index is 0.258. The lowest BCUT2D eigenvalue weighted by Crippen LogP contribution is -2.02. The molecule has 0 saturated carbocycles. The molecule has 1 rings (SSSR count). The Labute approximate surface area is 66.1 Å². The van der Waals surface area contributed by atoms with Crippen LogP contribution in [0.4, 0.5) is 0 Å². The predicted molar refractivity (Wildman–Crippen MR) is 40.4 cm³/mol. The van der Waals surface area contributed by atoms with Gasteiger partial charge in [0, 0.05) is 6.92 Å². The van der Waals surface area contributed by atoms with Gasteiger partial charge < -0.3 is 14.3 Å². The molecule has 11 heavy (non-hydrogen) atoms. The highest BCUT2D eigenvalue weighted by Gasteiger charge is 2.23. The summed E-state index contributed by atoms with van der Waals surface area (Å²) in [4.78, 5) is 4.91. The minimum Gasteiger partial charge on any atom is -0.479 e. The standard InChI is InChI=1S/C7H13NO3/c1-3-9-6(2)8-11-5-7-4-10-7/h7H,3-5H2,1-2H3. The Kier molecular flexibility index (Phi) is 3.16. The highest BCUT2D eigenvalue weighted by Crippen LogP contribution is 2.08. The molecule has 0 aliphatic carbocycles. The highest BCUT2D eigenvalue weighted by molar-refractivity contribution is 5.72. The summed E-state index contributed by atoms with van der Waals surface area (Å²) in [6.45, 7) is 5.62. The highest BCUT2D eigenvalue weighted by atomic mass is 16.7. The van der Waals surface area contributed by atoms with Gasteiger partial charge in [-0.05, 0) is 6.92 Å². The summed E-state index contributed by atoms with van der Waals surface area (Å²) in [6, 6.07) is 0. The molecule has 0 spiro atoms. The van der Waals surface area contributed by atoms with Gasteiger partial charge in [0.2, 0.25) is 5.90 Å². The molecular weight excluding hydrogens is 146 g/mol. The molecular formula is C7H13NO3. The Morgan fingerprint density at radius 2 is 2.45 bits per heavy atom. The van der Waals surface area contributed by atoms with Gasteiger partial charge in [-0.3, -0.25) is 0 Å². The van der Waals surface area contributed by atoms with Crippen LogP contribution in [0.3, 0.4) is 0 Å². The number of hydrogen-bond acceptors (Lipinski definition) is 4. The molecule has 0 N–H and O–H groups in total. The Hall–Kier alpha value is -0.770. The maximum Gasteiger partial charge on any atom is 0.222 e. The third kappa shape index (κ3) is 3.83. The Morgan fingerprint density at radius 3 is 3.00 bits per heavy atom. The van der Waals surface area contributed by atoms with E-state index in [0.29, 0.717) is 19.1 Å². The molecule has 1 aliphatic rings. The van der Waals surface area contributed by atoms with Gasteiger partial charge in [0.05, 0.1) is 13.2 Å². The van der Waals surface area contributed by atoms with Crippen LogP contribution >= 0.6 is 0 Å². The van der Waals surface area contributed by atoms with Gasteiger partial charge in [-0.15, -0.1) is 0 Å². The largest absolute Gasteiger partial charge is 0.479 e. The van der Waals surface area contributed by atoms with Gasteiger partial charge in [0.1, 0.15) is 12.7 Å². The average Bonchev–Trinajstić information content (AvgIpc) is 2.72. The fourth-order valence-corrected chi connectivity index (χ4v) is 0.611. The average molecular weight is 159 g/mol. The van der Waals surface area contributed by atoms with Gasteiger partial charge in [-0.25, -0.2) is 0 Å². The fraction of sp³-hybridized carbons (Fsp3) is 0.857. The van der Waals surface area contributed by atoms with Crippen LogP contribution in [0.25, 0.3) is 0 Å². The molecule has 4 heteroatoms. The molecule has 64 valence electrons. The summed E-state index contributed by atoms with van der Waals surface area (Å²) >= 11 is 0. The van der Waals surface area contributed by atoms with E-state index in [0.717, 1.165) is 6.61 Å². The van der Waals surface area contributed by atoms with Gasteiger partial charge in [-0.1, -0.05) is 5.16 Å². The summed E-state index contributed by atoms with van der Waals surface area (Å²) in [7, 11) is 0. The fourth-order valence-electron chi connectivity index (χ4n) is 0.611. The van der Waals surface area contributed by atoms with Gasteiger partial charge in [0.25, 0.3) is 0 Å². The van der Waals surface area contributed by atoms with E-state index in [2.05, 4.69) is 5.16 Å². The van der Waals surface area contributed by atoms with Crippen molar-refractivity contribution < 1.29 is 14.3 Å². The van der Waals surface area contributed by atoms with E-state index < -0.39 is 0 Å². The third-order valence-electron chi connectivity index (χ3n) is 1.21. The maximum absolute atomic E-state index is 5.03. The third-order valence-corrected chi connectivity index (χ3v) is 1.21. The van der Waals surface area contributed by atoms with Gasteiger partial charge in [0.15, 0.2) is 0 Å². The van der Waals surface area contributed by atoms with Crippen LogP contribution in [0.2, 0.25) is 0 Å². The lowest BCUT2D eigenvalue weighted by atomic mass is 10.5. The van der Waals surface area contributed by atoms with Crippen LogP contribution in [0, 0.1) is 0 Å². The van der Waals surface area contributed by atoms with Crippen molar-refractivity contribution in [1.82, 2.24) is 0 Å². The van der Waals surface area contributed by atoms with E-state index >= 15 is 0 Å². The first-order valence-electron chi connectivity index (χ1n) is 3.74. The van der Waals surface area contributed by atoms with E-state index in [-0.39, 0.29) is 6.10 Å². The molecule has 0 aromatic rings. The molecule has 0 aromatic heterocycles. The van der Waals surface area contributed by atoms with E-state index in [1.807, 2.05) is 6.92 Å². The molecule has 0 bridgehead atoms. The lowest BCUT2D eigenvalue weighted by molar-refractivity contribution is 0.115. The molecule has 1 aliphatic heterocycles. The molecule has 0 aromatic carbocycles. The zero-order valence-electron chi connectivity index (χ0n) is 6.87. The summed E-state index contributed by atoms with van der Waals surface area (Å²) in [5.74, 6) is 0.563.